The second kappa shape index (κ2) is 4.74. The lowest BCUT2D eigenvalue weighted by molar-refractivity contribution is -0.131. The highest BCUT2D eigenvalue weighted by atomic mass is 16.2. The van der Waals surface area contributed by atoms with E-state index in [1.54, 1.807) is 0 Å². The molecule has 2 aliphatic rings. The van der Waals surface area contributed by atoms with E-state index >= 15 is 0 Å². The molecular weight excluding hydrogens is 200 g/mol. The van der Waals surface area contributed by atoms with E-state index in [9.17, 15) is 4.79 Å². The predicted molar refractivity (Wildman–Crippen MR) is 64.9 cm³/mol. The van der Waals surface area contributed by atoms with Gasteiger partial charge in [0.05, 0.1) is 12.7 Å². The van der Waals surface area contributed by atoms with Gasteiger partial charge in [-0.1, -0.05) is 33.6 Å². The molecule has 1 heterocycles. The van der Waals surface area contributed by atoms with Crippen molar-refractivity contribution >= 4 is 5.91 Å². The zero-order valence-corrected chi connectivity index (χ0v) is 10.7. The zero-order chi connectivity index (χ0) is 11.7. The van der Waals surface area contributed by atoms with Crippen LogP contribution >= 0.6 is 0 Å². The van der Waals surface area contributed by atoms with Crippen LogP contribution in [0.4, 0.5) is 0 Å². The van der Waals surface area contributed by atoms with Crippen molar-refractivity contribution in [3.8, 4) is 0 Å². The zero-order valence-electron chi connectivity index (χ0n) is 10.7. The number of nitrogens with one attached hydrogen (secondary N) is 1. The van der Waals surface area contributed by atoms with Gasteiger partial charge >= 0.3 is 0 Å². The molecule has 0 bridgehead atoms. The lowest BCUT2D eigenvalue weighted by atomic mass is 10.0. The number of nitrogens with zero attached hydrogens (tertiary/aromatic N) is 1. The number of hydrogen-bond acceptors (Lipinski definition) is 2. The van der Waals surface area contributed by atoms with Crippen molar-refractivity contribution in [1.82, 2.24) is 10.2 Å². The smallest absolute Gasteiger partial charge is 0.241 e. The van der Waals surface area contributed by atoms with E-state index in [4.69, 9.17) is 0 Å². The summed E-state index contributed by atoms with van der Waals surface area (Å²) in [5.41, 5.74) is 0. The topological polar surface area (TPSA) is 32.3 Å². The van der Waals surface area contributed by atoms with Gasteiger partial charge in [-0.3, -0.25) is 10.1 Å². The van der Waals surface area contributed by atoms with Crippen molar-refractivity contribution in [2.45, 2.75) is 58.5 Å². The molecule has 2 atom stereocenters. The summed E-state index contributed by atoms with van der Waals surface area (Å²) in [6.45, 7) is 7.18. The summed E-state index contributed by atoms with van der Waals surface area (Å²) in [5, 5.41) is 3.34. The molecule has 1 aliphatic heterocycles. The van der Waals surface area contributed by atoms with Crippen LogP contribution in [-0.4, -0.2) is 29.6 Å². The summed E-state index contributed by atoms with van der Waals surface area (Å²) in [4.78, 5) is 14.3. The highest BCUT2D eigenvalue weighted by Crippen LogP contribution is 2.36. The Morgan fingerprint density at radius 2 is 2.12 bits per heavy atom. The predicted octanol–water partition coefficient (Wildman–Crippen LogP) is 1.98. The highest BCUT2D eigenvalue weighted by molar-refractivity contribution is 5.84. The average Bonchev–Trinajstić information content (AvgIpc) is 2.98. The molecule has 2 unspecified atom stereocenters. The number of amides is 1. The van der Waals surface area contributed by atoms with Crippen molar-refractivity contribution in [3.63, 3.8) is 0 Å². The standard InChI is InChI=1S/C13H24N2O/c1-4-11(7-10-5-6-10)15-8-14-12(9(2)3)13(15)16/h9-12,14H,4-8H2,1-3H3. The summed E-state index contributed by atoms with van der Waals surface area (Å²) in [5.74, 6) is 1.62. The third-order valence-corrected chi connectivity index (χ3v) is 3.91. The number of hydrogen-bond donors (Lipinski definition) is 1. The summed E-state index contributed by atoms with van der Waals surface area (Å²) in [6, 6.07) is 0.518. The Kier molecular flexibility index (Phi) is 3.53. The monoisotopic (exact) mass is 224 g/mol. The minimum atomic E-state index is 0.0493. The van der Waals surface area contributed by atoms with Gasteiger partial charge in [-0.05, 0) is 24.7 Å². The molecule has 0 spiro atoms. The third-order valence-electron chi connectivity index (χ3n) is 3.91. The van der Waals surface area contributed by atoms with Crippen LogP contribution in [-0.2, 0) is 4.79 Å². The molecule has 1 aliphatic carbocycles. The van der Waals surface area contributed by atoms with Gasteiger partial charge in [0.15, 0.2) is 0 Å². The van der Waals surface area contributed by atoms with E-state index in [0.717, 1.165) is 19.0 Å². The van der Waals surface area contributed by atoms with E-state index in [0.29, 0.717) is 17.9 Å². The molecule has 0 aromatic rings. The minimum absolute atomic E-state index is 0.0493. The van der Waals surface area contributed by atoms with Crippen LogP contribution in [0.15, 0.2) is 0 Å². The van der Waals surface area contributed by atoms with Crippen LogP contribution in [0.1, 0.15) is 46.5 Å². The first-order valence-electron chi connectivity index (χ1n) is 6.67. The Morgan fingerprint density at radius 3 is 2.56 bits per heavy atom. The highest BCUT2D eigenvalue weighted by Gasteiger charge is 2.38. The Bertz CT molecular complexity index is 261. The van der Waals surface area contributed by atoms with Crippen molar-refractivity contribution in [2.75, 3.05) is 6.67 Å². The first-order chi connectivity index (χ1) is 7.63. The Labute approximate surface area is 98.6 Å². The molecule has 2 fully saturated rings. The minimum Gasteiger partial charge on any atom is -0.326 e. The van der Waals surface area contributed by atoms with Gasteiger partial charge in [0.25, 0.3) is 0 Å². The van der Waals surface area contributed by atoms with Gasteiger partial charge < -0.3 is 4.90 Å². The second-order valence-corrected chi connectivity index (χ2v) is 5.63. The van der Waals surface area contributed by atoms with Crippen molar-refractivity contribution in [1.29, 1.82) is 0 Å². The first kappa shape index (κ1) is 11.9. The molecule has 1 saturated heterocycles. The molecule has 0 aromatic heterocycles. The maximum absolute atomic E-state index is 12.2. The van der Waals surface area contributed by atoms with Crippen LogP contribution in [0.2, 0.25) is 0 Å². The largest absolute Gasteiger partial charge is 0.326 e. The Morgan fingerprint density at radius 1 is 1.44 bits per heavy atom. The molecule has 2 rings (SSSR count). The molecule has 1 saturated carbocycles. The van der Waals surface area contributed by atoms with Crippen molar-refractivity contribution < 1.29 is 4.79 Å². The maximum atomic E-state index is 12.2. The fourth-order valence-corrected chi connectivity index (χ4v) is 2.62. The number of carbonyl (C=O) groups is 1. The van der Waals surface area contributed by atoms with Gasteiger partial charge in [-0.25, -0.2) is 0 Å². The first-order valence-corrected chi connectivity index (χ1v) is 6.67. The Balaban J connectivity index is 1.95. The summed E-state index contributed by atoms with van der Waals surface area (Å²) in [6.07, 6.45) is 5.06. The number of carbonyl (C=O) groups excluding carboxylic acids is 1. The molecule has 1 N–H and O–H groups in total. The summed E-state index contributed by atoms with van der Waals surface area (Å²) >= 11 is 0. The van der Waals surface area contributed by atoms with E-state index in [2.05, 4.69) is 31.0 Å². The van der Waals surface area contributed by atoms with E-state index in [-0.39, 0.29) is 6.04 Å². The lowest BCUT2D eigenvalue weighted by Gasteiger charge is -2.26. The third kappa shape index (κ3) is 2.40. The number of rotatable bonds is 5. The van der Waals surface area contributed by atoms with E-state index in [1.165, 1.54) is 19.3 Å². The molecule has 3 nitrogen and oxygen atoms in total. The van der Waals surface area contributed by atoms with Gasteiger partial charge in [0.1, 0.15) is 0 Å². The molecule has 0 radical (unpaired) electrons. The van der Waals surface area contributed by atoms with Gasteiger partial charge in [0.2, 0.25) is 5.91 Å². The maximum Gasteiger partial charge on any atom is 0.241 e. The van der Waals surface area contributed by atoms with Gasteiger partial charge in [0, 0.05) is 6.04 Å². The fourth-order valence-electron chi connectivity index (χ4n) is 2.62. The molecular formula is C13H24N2O. The summed E-state index contributed by atoms with van der Waals surface area (Å²) < 4.78 is 0. The molecule has 0 aromatic carbocycles. The SMILES string of the molecule is CCC(CC1CC1)N1CNC(C(C)C)C1=O. The average molecular weight is 224 g/mol. The van der Waals surface area contributed by atoms with Crippen LogP contribution in [0, 0.1) is 11.8 Å². The fraction of sp³-hybridized carbons (Fsp3) is 0.923. The van der Waals surface area contributed by atoms with Crippen LogP contribution < -0.4 is 5.32 Å². The van der Waals surface area contributed by atoms with Crippen molar-refractivity contribution in [3.05, 3.63) is 0 Å². The summed E-state index contributed by atoms with van der Waals surface area (Å²) in [7, 11) is 0. The van der Waals surface area contributed by atoms with Crippen LogP contribution in [0.5, 0.6) is 0 Å². The van der Waals surface area contributed by atoms with Gasteiger partial charge in [-0.2, -0.15) is 0 Å². The molecule has 3 heteroatoms. The molecule has 16 heavy (non-hydrogen) atoms. The normalized spacial score (nSPS) is 27.9. The van der Waals surface area contributed by atoms with E-state index in [1.807, 2.05) is 0 Å². The quantitative estimate of drug-likeness (QED) is 0.774. The van der Waals surface area contributed by atoms with Crippen molar-refractivity contribution in [2.24, 2.45) is 11.8 Å². The Hall–Kier alpha value is -0.570. The molecule has 92 valence electrons. The van der Waals surface area contributed by atoms with Gasteiger partial charge in [-0.15, -0.1) is 0 Å². The van der Waals surface area contributed by atoms with Crippen LogP contribution in [0.25, 0.3) is 0 Å². The van der Waals surface area contributed by atoms with E-state index < -0.39 is 0 Å². The molecule has 1 amide bonds. The van der Waals surface area contributed by atoms with Crippen LogP contribution in [0.3, 0.4) is 0 Å². The second-order valence-electron chi connectivity index (χ2n) is 5.63. The lowest BCUT2D eigenvalue weighted by Crippen LogP contribution is -2.39.